The van der Waals surface area contributed by atoms with E-state index in [9.17, 15) is 4.79 Å². The summed E-state index contributed by atoms with van der Waals surface area (Å²) in [6, 6.07) is 7.15. The zero-order valence-corrected chi connectivity index (χ0v) is 12.5. The van der Waals surface area contributed by atoms with E-state index in [1.54, 1.807) is 29.9 Å². The molecule has 0 saturated heterocycles. The van der Waals surface area contributed by atoms with Gasteiger partial charge in [0, 0.05) is 13.6 Å². The van der Waals surface area contributed by atoms with Crippen LogP contribution in [0, 0.1) is 6.92 Å². The Bertz CT molecular complexity index is 649. The number of hydrogen-bond donors (Lipinski definition) is 2. The maximum atomic E-state index is 12.5. The number of rotatable bonds is 5. The number of nitrogens with zero attached hydrogens (tertiary/aromatic N) is 2. The summed E-state index contributed by atoms with van der Waals surface area (Å²) < 4.78 is 7.16. The van der Waals surface area contributed by atoms with E-state index < -0.39 is 0 Å². The van der Waals surface area contributed by atoms with Gasteiger partial charge in [-0.05, 0) is 26.0 Å². The van der Waals surface area contributed by atoms with Gasteiger partial charge >= 0.3 is 0 Å². The molecule has 1 aromatic heterocycles. The third-order valence-electron chi connectivity index (χ3n) is 3.20. The molecule has 1 heterocycles. The van der Waals surface area contributed by atoms with Gasteiger partial charge in [-0.3, -0.25) is 9.48 Å². The Morgan fingerprint density at radius 3 is 2.81 bits per heavy atom. The fraction of sp³-hybridized carbons (Fsp3) is 0.333. The Morgan fingerprint density at radius 2 is 2.14 bits per heavy atom. The molecular formula is C15H20N4O2. The van der Waals surface area contributed by atoms with E-state index in [1.165, 1.54) is 0 Å². The molecule has 1 aromatic carbocycles. The number of hydrogen-bond acceptors (Lipinski definition) is 4. The van der Waals surface area contributed by atoms with Crippen LogP contribution in [-0.4, -0.2) is 22.3 Å². The van der Waals surface area contributed by atoms with Crippen LogP contribution in [0.5, 0.6) is 5.75 Å². The first-order chi connectivity index (χ1) is 10.1. The van der Waals surface area contributed by atoms with Crippen LogP contribution in [0.15, 0.2) is 24.3 Å². The summed E-state index contributed by atoms with van der Waals surface area (Å²) in [5.41, 5.74) is 8.40. The van der Waals surface area contributed by atoms with Crippen molar-refractivity contribution in [1.29, 1.82) is 0 Å². The third-order valence-corrected chi connectivity index (χ3v) is 3.20. The maximum Gasteiger partial charge on any atom is 0.259 e. The van der Waals surface area contributed by atoms with Gasteiger partial charge in [0.05, 0.1) is 29.2 Å². The number of anilines is 1. The van der Waals surface area contributed by atoms with Gasteiger partial charge in [-0.15, -0.1) is 0 Å². The number of para-hydroxylation sites is 1. The molecule has 0 saturated carbocycles. The summed E-state index contributed by atoms with van der Waals surface area (Å²) in [6.07, 6.45) is 0. The van der Waals surface area contributed by atoms with E-state index in [4.69, 9.17) is 10.5 Å². The fourth-order valence-corrected chi connectivity index (χ4v) is 2.22. The van der Waals surface area contributed by atoms with Crippen LogP contribution in [0.1, 0.15) is 28.7 Å². The average Bonchev–Trinajstić information content (AvgIpc) is 2.73. The van der Waals surface area contributed by atoms with E-state index in [-0.39, 0.29) is 5.91 Å². The number of amides is 1. The molecule has 0 atom stereocenters. The number of nitrogens with one attached hydrogen (secondary N) is 1. The lowest BCUT2D eigenvalue weighted by atomic mass is 10.1. The highest BCUT2D eigenvalue weighted by Gasteiger charge is 2.17. The first-order valence-corrected chi connectivity index (χ1v) is 6.84. The predicted octanol–water partition coefficient (Wildman–Crippen LogP) is 1.84. The number of aromatic nitrogens is 2. The van der Waals surface area contributed by atoms with Gasteiger partial charge in [-0.25, -0.2) is 0 Å². The molecule has 6 heteroatoms. The highest BCUT2D eigenvalue weighted by molar-refractivity contribution is 6.06. The molecule has 21 heavy (non-hydrogen) atoms. The number of nitrogens with two attached hydrogens (primary N) is 1. The lowest BCUT2D eigenvalue weighted by Crippen LogP contribution is -2.16. The van der Waals surface area contributed by atoms with Crippen LogP contribution in [0.25, 0.3) is 0 Å². The number of ether oxygens (including phenoxy) is 1. The Hall–Kier alpha value is -2.34. The van der Waals surface area contributed by atoms with Crippen LogP contribution >= 0.6 is 0 Å². The first kappa shape index (κ1) is 15.1. The molecule has 2 rings (SSSR count). The Kier molecular flexibility index (Phi) is 4.59. The molecule has 0 radical (unpaired) electrons. The third kappa shape index (κ3) is 3.05. The van der Waals surface area contributed by atoms with Gasteiger partial charge in [0.2, 0.25) is 0 Å². The van der Waals surface area contributed by atoms with Crippen molar-refractivity contribution in [2.45, 2.75) is 20.4 Å². The van der Waals surface area contributed by atoms with Gasteiger partial charge in [0.15, 0.2) is 0 Å². The van der Waals surface area contributed by atoms with Crippen molar-refractivity contribution in [3.8, 4) is 5.75 Å². The standard InChI is InChI=1S/C15H20N4O2/c1-4-21-13-8-6-5-7-11(13)15(20)17-14-10(2)18-19(3)12(14)9-16/h5-8H,4,9,16H2,1-3H3,(H,17,20). The molecule has 0 fully saturated rings. The fourth-order valence-electron chi connectivity index (χ4n) is 2.22. The van der Waals surface area contributed by atoms with E-state index in [0.717, 1.165) is 11.4 Å². The van der Waals surface area contributed by atoms with E-state index in [2.05, 4.69) is 10.4 Å². The summed E-state index contributed by atoms with van der Waals surface area (Å²) in [5, 5.41) is 7.16. The summed E-state index contributed by atoms with van der Waals surface area (Å²) in [6.45, 7) is 4.53. The van der Waals surface area contributed by atoms with Gasteiger partial charge in [0.1, 0.15) is 5.75 Å². The van der Waals surface area contributed by atoms with Gasteiger partial charge in [-0.2, -0.15) is 5.10 Å². The molecular weight excluding hydrogens is 268 g/mol. The second-order valence-corrected chi connectivity index (χ2v) is 4.62. The minimum atomic E-state index is -0.232. The smallest absolute Gasteiger partial charge is 0.259 e. The van der Waals surface area contributed by atoms with Crippen molar-refractivity contribution < 1.29 is 9.53 Å². The van der Waals surface area contributed by atoms with Crippen LogP contribution < -0.4 is 15.8 Å². The Labute approximate surface area is 123 Å². The summed E-state index contributed by atoms with van der Waals surface area (Å²) in [4.78, 5) is 12.5. The molecule has 0 bridgehead atoms. The van der Waals surface area contributed by atoms with E-state index in [1.807, 2.05) is 19.9 Å². The number of carbonyl (C=O) groups excluding carboxylic acids is 1. The zero-order chi connectivity index (χ0) is 15.4. The molecule has 3 N–H and O–H groups in total. The first-order valence-electron chi connectivity index (χ1n) is 6.84. The van der Waals surface area contributed by atoms with Crippen molar-refractivity contribution in [1.82, 2.24) is 9.78 Å². The minimum absolute atomic E-state index is 0.232. The second kappa shape index (κ2) is 6.41. The largest absolute Gasteiger partial charge is 0.493 e. The lowest BCUT2D eigenvalue weighted by Gasteiger charge is -2.11. The lowest BCUT2D eigenvalue weighted by molar-refractivity contribution is 0.102. The summed E-state index contributed by atoms with van der Waals surface area (Å²) in [7, 11) is 1.80. The molecule has 2 aromatic rings. The number of aryl methyl sites for hydroxylation is 2. The summed E-state index contributed by atoms with van der Waals surface area (Å²) >= 11 is 0. The van der Waals surface area contributed by atoms with Crippen molar-refractivity contribution in [3.63, 3.8) is 0 Å². The second-order valence-electron chi connectivity index (χ2n) is 4.62. The normalized spacial score (nSPS) is 10.5. The van der Waals surface area contributed by atoms with Crippen LogP contribution in [-0.2, 0) is 13.6 Å². The maximum absolute atomic E-state index is 12.5. The van der Waals surface area contributed by atoms with E-state index >= 15 is 0 Å². The summed E-state index contributed by atoms with van der Waals surface area (Å²) in [5.74, 6) is 0.332. The highest BCUT2D eigenvalue weighted by atomic mass is 16.5. The van der Waals surface area contributed by atoms with Crippen molar-refractivity contribution in [3.05, 3.63) is 41.2 Å². The minimum Gasteiger partial charge on any atom is -0.493 e. The molecule has 0 aliphatic carbocycles. The van der Waals surface area contributed by atoms with E-state index in [0.29, 0.717) is 30.2 Å². The Balaban J connectivity index is 2.31. The SMILES string of the molecule is CCOc1ccccc1C(=O)Nc1c(C)nn(C)c1CN. The monoisotopic (exact) mass is 288 g/mol. The van der Waals surface area contributed by atoms with Crippen LogP contribution in [0.3, 0.4) is 0 Å². The van der Waals surface area contributed by atoms with Gasteiger partial charge in [0.25, 0.3) is 5.91 Å². The molecule has 1 amide bonds. The molecule has 112 valence electrons. The molecule has 0 aliphatic heterocycles. The average molecular weight is 288 g/mol. The van der Waals surface area contributed by atoms with Crippen LogP contribution in [0.2, 0.25) is 0 Å². The van der Waals surface area contributed by atoms with Crippen LogP contribution in [0.4, 0.5) is 5.69 Å². The van der Waals surface area contributed by atoms with Crippen molar-refractivity contribution in [2.75, 3.05) is 11.9 Å². The Morgan fingerprint density at radius 1 is 1.43 bits per heavy atom. The number of benzene rings is 1. The number of carbonyl (C=O) groups is 1. The van der Waals surface area contributed by atoms with Gasteiger partial charge < -0.3 is 15.8 Å². The zero-order valence-electron chi connectivity index (χ0n) is 12.5. The molecule has 6 nitrogen and oxygen atoms in total. The topological polar surface area (TPSA) is 82.2 Å². The molecule has 0 spiro atoms. The van der Waals surface area contributed by atoms with Gasteiger partial charge in [-0.1, -0.05) is 12.1 Å². The molecule has 0 aliphatic rings. The van der Waals surface area contributed by atoms with Crippen molar-refractivity contribution >= 4 is 11.6 Å². The quantitative estimate of drug-likeness (QED) is 0.879. The highest BCUT2D eigenvalue weighted by Crippen LogP contribution is 2.23. The molecule has 0 unspecified atom stereocenters. The van der Waals surface area contributed by atoms with Crippen molar-refractivity contribution in [2.24, 2.45) is 12.8 Å². The predicted molar refractivity (Wildman–Crippen MR) is 81.4 cm³/mol.